The first-order valence-electron chi connectivity index (χ1n) is 6.82. The summed E-state index contributed by atoms with van der Waals surface area (Å²) in [6, 6.07) is 8.04. The summed E-state index contributed by atoms with van der Waals surface area (Å²) in [7, 11) is 0. The van der Waals surface area contributed by atoms with Gasteiger partial charge in [0.25, 0.3) is 0 Å². The molecule has 100 valence electrons. The molecule has 0 unspecified atom stereocenters. The third-order valence-corrected chi connectivity index (χ3v) is 3.90. The van der Waals surface area contributed by atoms with Crippen molar-refractivity contribution in [2.45, 2.75) is 12.8 Å². The first kappa shape index (κ1) is 12.8. The second-order valence-corrected chi connectivity index (χ2v) is 5.39. The Kier molecular flexibility index (Phi) is 3.90. The summed E-state index contributed by atoms with van der Waals surface area (Å²) in [6.45, 7) is 3.69. The summed E-state index contributed by atoms with van der Waals surface area (Å²) in [6.07, 6.45) is 6.92. The van der Waals surface area contributed by atoms with E-state index in [9.17, 15) is 0 Å². The molecular weight excluding hydrogens is 258 g/mol. The van der Waals surface area contributed by atoms with Gasteiger partial charge in [0.2, 0.25) is 0 Å². The summed E-state index contributed by atoms with van der Waals surface area (Å²) in [5.41, 5.74) is 4.06. The van der Waals surface area contributed by atoms with Crippen molar-refractivity contribution in [3.8, 4) is 0 Å². The summed E-state index contributed by atoms with van der Waals surface area (Å²) in [4.78, 5) is 2.44. The molecule has 1 aromatic rings. The van der Waals surface area contributed by atoms with Crippen LogP contribution in [0.25, 0.3) is 6.08 Å². The number of halogens is 1. The predicted molar refractivity (Wildman–Crippen MR) is 79.1 cm³/mol. The van der Waals surface area contributed by atoms with Crippen LogP contribution >= 0.6 is 11.6 Å². The molecule has 1 heterocycles. The molecule has 1 fully saturated rings. The van der Waals surface area contributed by atoms with Gasteiger partial charge in [-0.05, 0) is 42.2 Å². The average Bonchev–Trinajstić information content (AvgIpc) is 2.90. The smallest absolute Gasteiger partial charge is 0.0642 e. The minimum Gasteiger partial charge on any atom is -0.378 e. The van der Waals surface area contributed by atoms with Crippen molar-refractivity contribution in [3.05, 3.63) is 52.2 Å². The van der Waals surface area contributed by atoms with Crippen molar-refractivity contribution in [1.29, 1.82) is 0 Å². The maximum absolute atomic E-state index is 5.92. The van der Waals surface area contributed by atoms with Crippen LogP contribution in [0.3, 0.4) is 0 Å². The van der Waals surface area contributed by atoms with Gasteiger partial charge in [0, 0.05) is 23.8 Å². The van der Waals surface area contributed by atoms with E-state index in [0.717, 1.165) is 44.2 Å². The van der Waals surface area contributed by atoms with E-state index in [1.807, 2.05) is 12.1 Å². The number of nitrogens with zero attached hydrogens (tertiary/aromatic N) is 1. The lowest BCUT2D eigenvalue weighted by Gasteiger charge is -2.30. The Balaban J connectivity index is 1.79. The fraction of sp³-hybridized carbons (Fsp3) is 0.375. The van der Waals surface area contributed by atoms with Gasteiger partial charge in [-0.2, -0.15) is 0 Å². The Morgan fingerprint density at radius 2 is 1.84 bits per heavy atom. The zero-order chi connectivity index (χ0) is 13.1. The molecule has 1 saturated heterocycles. The van der Waals surface area contributed by atoms with Gasteiger partial charge in [-0.3, -0.25) is 0 Å². The van der Waals surface area contributed by atoms with Crippen molar-refractivity contribution in [2.75, 3.05) is 26.3 Å². The first-order chi connectivity index (χ1) is 9.33. The van der Waals surface area contributed by atoms with Crippen LogP contribution in [-0.4, -0.2) is 31.2 Å². The quantitative estimate of drug-likeness (QED) is 0.815. The van der Waals surface area contributed by atoms with Crippen molar-refractivity contribution < 1.29 is 4.74 Å². The normalized spacial score (nSPS) is 21.8. The van der Waals surface area contributed by atoms with E-state index in [-0.39, 0.29) is 0 Å². The highest BCUT2D eigenvalue weighted by molar-refractivity contribution is 6.30. The third kappa shape index (κ3) is 3.02. The molecule has 0 radical (unpaired) electrons. The van der Waals surface area contributed by atoms with Crippen LogP contribution in [0.5, 0.6) is 0 Å². The van der Waals surface area contributed by atoms with Gasteiger partial charge in [0.15, 0.2) is 0 Å². The Bertz CT molecular complexity index is 498. The Hall–Kier alpha value is -1.25. The largest absolute Gasteiger partial charge is 0.378 e. The minimum atomic E-state index is 0.789. The van der Waals surface area contributed by atoms with Crippen LogP contribution in [0.2, 0.25) is 5.02 Å². The molecule has 2 nitrogen and oxygen atoms in total. The van der Waals surface area contributed by atoms with Crippen LogP contribution < -0.4 is 0 Å². The molecule has 0 saturated carbocycles. The van der Waals surface area contributed by atoms with Gasteiger partial charge in [-0.25, -0.2) is 0 Å². The monoisotopic (exact) mass is 275 g/mol. The lowest BCUT2D eigenvalue weighted by atomic mass is 10.1. The van der Waals surface area contributed by atoms with E-state index in [4.69, 9.17) is 16.3 Å². The van der Waals surface area contributed by atoms with Crippen molar-refractivity contribution in [1.82, 2.24) is 4.90 Å². The number of allylic oxidation sites excluding steroid dienone is 2. The number of ether oxygens (including phenoxy) is 1. The van der Waals surface area contributed by atoms with Gasteiger partial charge in [-0.1, -0.05) is 29.8 Å². The van der Waals surface area contributed by atoms with Gasteiger partial charge < -0.3 is 9.64 Å². The minimum absolute atomic E-state index is 0.789. The lowest BCUT2D eigenvalue weighted by Crippen LogP contribution is -2.35. The molecule has 1 aromatic carbocycles. The zero-order valence-corrected chi connectivity index (χ0v) is 11.7. The third-order valence-electron chi connectivity index (χ3n) is 3.64. The van der Waals surface area contributed by atoms with Gasteiger partial charge in [-0.15, -0.1) is 0 Å². The fourth-order valence-electron chi connectivity index (χ4n) is 2.67. The molecule has 0 amide bonds. The molecular formula is C16H18ClNO. The van der Waals surface area contributed by atoms with Crippen molar-refractivity contribution in [3.63, 3.8) is 0 Å². The van der Waals surface area contributed by atoms with E-state index in [2.05, 4.69) is 29.2 Å². The summed E-state index contributed by atoms with van der Waals surface area (Å²) < 4.78 is 5.42. The predicted octanol–water partition coefficient (Wildman–Crippen LogP) is 3.73. The maximum atomic E-state index is 5.92. The Labute approximate surface area is 119 Å². The number of rotatable bonds is 2. The standard InChI is InChI=1S/C16H18ClNO/c17-15-6-4-13(5-7-15)12-14-2-1-3-16(14)18-8-10-19-11-9-18/h3-7,12H,1-2,8-11H2/b14-12+. The Morgan fingerprint density at radius 1 is 1.11 bits per heavy atom. The summed E-state index contributed by atoms with van der Waals surface area (Å²) in [5.74, 6) is 0. The summed E-state index contributed by atoms with van der Waals surface area (Å²) >= 11 is 5.92. The second-order valence-electron chi connectivity index (χ2n) is 4.95. The molecule has 3 heteroatoms. The van der Waals surface area contributed by atoms with Crippen LogP contribution in [0.15, 0.2) is 41.6 Å². The molecule has 3 rings (SSSR count). The van der Waals surface area contributed by atoms with Gasteiger partial charge in [0.05, 0.1) is 13.2 Å². The highest BCUT2D eigenvalue weighted by atomic mass is 35.5. The molecule has 1 aliphatic heterocycles. The number of benzene rings is 1. The zero-order valence-electron chi connectivity index (χ0n) is 10.9. The summed E-state index contributed by atoms with van der Waals surface area (Å²) in [5, 5.41) is 0.789. The molecule has 0 bridgehead atoms. The van der Waals surface area contributed by atoms with E-state index in [0.29, 0.717) is 0 Å². The topological polar surface area (TPSA) is 12.5 Å². The molecule has 19 heavy (non-hydrogen) atoms. The SMILES string of the molecule is Clc1ccc(/C=C2\CCC=C2N2CCOCC2)cc1. The van der Waals surface area contributed by atoms with Gasteiger partial charge in [0.1, 0.15) is 0 Å². The number of morpholine rings is 1. The van der Waals surface area contributed by atoms with E-state index in [1.54, 1.807) is 0 Å². The maximum Gasteiger partial charge on any atom is 0.0642 e. The molecule has 1 aliphatic carbocycles. The first-order valence-corrected chi connectivity index (χ1v) is 7.20. The van der Waals surface area contributed by atoms with Crippen LogP contribution in [0.1, 0.15) is 18.4 Å². The van der Waals surface area contributed by atoms with Crippen molar-refractivity contribution in [2.24, 2.45) is 0 Å². The molecule has 2 aliphatic rings. The lowest BCUT2D eigenvalue weighted by molar-refractivity contribution is 0.0550. The van der Waals surface area contributed by atoms with E-state index < -0.39 is 0 Å². The van der Waals surface area contributed by atoms with Crippen LogP contribution in [0, 0.1) is 0 Å². The molecule has 0 spiro atoms. The van der Waals surface area contributed by atoms with E-state index >= 15 is 0 Å². The highest BCUT2D eigenvalue weighted by Gasteiger charge is 2.20. The number of hydrogen-bond acceptors (Lipinski definition) is 2. The molecule has 0 aromatic heterocycles. The van der Waals surface area contributed by atoms with E-state index in [1.165, 1.54) is 16.8 Å². The molecule has 0 N–H and O–H groups in total. The van der Waals surface area contributed by atoms with Crippen LogP contribution in [-0.2, 0) is 4.74 Å². The second kappa shape index (κ2) is 5.81. The fourth-order valence-corrected chi connectivity index (χ4v) is 2.79. The highest BCUT2D eigenvalue weighted by Crippen LogP contribution is 2.30. The van der Waals surface area contributed by atoms with Gasteiger partial charge >= 0.3 is 0 Å². The van der Waals surface area contributed by atoms with Crippen molar-refractivity contribution >= 4 is 17.7 Å². The Morgan fingerprint density at radius 3 is 2.58 bits per heavy atom. The molecule has 0 atom stereocenters. The number of hydrogen-bond donors (Lipinski definition) is 0. The van der Waals surface area contributed by atoms with Crippen LogP contribution in [0.4, 0.5) is 0 Å². The average molecular weight is 276 g/mol.